The van der Waals surface area contributed by atoms with Crippen molar-refractivity contribution in [1.82, 2.24) is 9.80 Å². The molecule has 0 unspecified atom stereocenters. The molecule has 1 aromatic rings. The highest BCUT2D eigenvalue weighted by Gasteiger charge is 2.25. The lowest BCUT2D eigenvalue weighted by atomic mass is 9.92. The molecule has 2 atom stereocenters. The Kier molecular flexibility index (Phi) is 5.64. The number of nitrogens with one attached hydrogen (secondary N) is 1. The molecule has 0 aromatic heterocycles. The number of likely N-dealkylation sites (tertiary alicyclic amines) is 1. The van der Waals surface area contributed by atoms with Gasteiger partial charge in [-0.1, -0.05) is 19.9 Å². The first-order valence-corrected chi connectivity index (χ1v) is 8.20. The Morgan fingerprint density at radius 3 is 2.48 bits per heavy atom. The van der Waals surface area contributed by atoms with Crippen LogP contribution in [0.2, 0.25) is 0 Å². The molecule has 0 aliphatic carbocycles. The molecule has 5 heteroatoms. The number of hydrogen-bond donors (Lipinski definition) is 1. The summed E-state index contributed by atoms with van der Waals surface area (Å²) >= 11 is 0. The Balaban J connectivity index is 1.94. The van der Waals surface area contributed by atoms with Gasteiger partial charge in [-0.15, -0.1) is 0 Å². The summed E-state index contributed by atoms with van der Waals surface area (Å²) in [5, 5.41) is 3.14. The van der Waals surface area contributed by atoms with Gasteiger partial charge >= 0.3 is 0 Å². The van der Waals surface area contributed by atoms with Crippen LogP contribution in [0.1, 0.15) is 30.6 Å². The van der Waals surface area contributed by atoms with Crippen LogP contribution in [0.5, 0.6) is 0 Å². The van der Waals surface area contributed by atoms with E-state index in [2.05, 4.69) is 19.2 Å². The van der Waals surface area contributed by atoms with Gasteiger partial charge < -0.3 is 15.1 Å². The van der Waals surface area contributed by atoms with Crippen LogP contribution < -0.4 is 5.32 Å². The van der Waals surface area contributed by atoms with Gasteiger partial charge in [0, 0.05) is 38.4 Å². The zero-order valence-corrected chi connectivity index (χ0v) is 14.5. The van der Waals surface area contributed by atoms with E-state index < -0.39 is 0 Å². The van der Waals surface area contributed by atoms with Crippen LogP contribution >= 0.6 is 0 Å². The molecule has 1 N–H and O–H groups in total. The van der Waals surface area contributed by atoms with Crippen molar-refractivity contribution in [3.8, 4) is 0 Å². The van der Waals surface area contributed by atoms with E-state index in [4.69, 9.17) is 0 Å². The highest BCUT2D eigenvalue weighted by molar-refractivity contribution is 5.95. The quantitative estimate of drug-likeness (QED) is 0.927. The fraction of sp³-hybridized carbons (Fsp3) is 0.556. The summed E-state index contributed by atoms with van der Waals surface area (Å²) in [4.78, 5) is 27.8. The van der Waals surface area contributed by atoms with E-state index in [0.29, 0.717) is 17.4 Å². The molecule has 0 bridgehead atoms. The number of amides is 2. The van der Waals surface area contributed by atoms with E-state index in [-0.39, 0.29) is 18.4 Å². The summed E-state index contributed by atoms with van der Waals surface area (Å²) in [7, 11) is 3.45. The highest BCUT2D eigenvalue weighted by atomic mass is 16.2. The van der Waals surface area contributed by atoms with Crippen molar-refractivity contribution in [3.05, 3.63) is 29.8 Å². The van der Waals surface area contributed by atoms with Crippen LogP contribution in [0.25, 0.3) is 0 Å². The Morgan fingerprint density at radius 2 is 1.87 bits per heavy atom. The topological polar surface area (TPSA) is 52.7 Å². The van der Waals surface area contributed by atoms with E-state index in [1.165, 1.54) is 6.42 Å². The molecule has 1 heterocycles. The molecular weight excluding hydrogens is 290 g/mol. The summed E-state index contributed by atoms with van der Waals surface area (Å²) < 4.78 is 0. The van der Waals surface area contributed by atoms with E-state index in [1.54, 1.807) is 31.1 Å². The molecule has 126 valence electrons. The van der Waals surface area contributed by atoms with Crippen LogP contribution in [0, 0.1) is 11.8 Å². The SMILES string of the molecule is C[C@H]1C[C@H](C)CN(C(=O)CNc2cccc(C(=O)N(C)C)c2)C1. The number of piperidine rings is 1. The van der Waals surface area contributed by atoms with Gasteiger partial charge in [0.1, 0.15) is 0 Å². The van der Waals surface area contributed by atoms with E-state index in [0.717, 1.165) is 18.8 Å². The lowest BCUT2D eigenvalue weighted by Crippen LogP contribution is -2.44. The van der Waals surface area contributed by atoms with Crippen molar-refractivity contribution in [2.45, 2.75) is 20.3 Å². The maximum Gasteiger partial charge on any atom is 0.253 e. The van der Waals surface area contributed by atoms with Gasteiger partial charge in [-0.2, -0.15) is 0 Å². The standard InChI is InChI=1S/C18H27N3O2/c1-13-8-14(2)12-21(11-13)17(22)10-19-16-7-5-6-15(9-16)18(23)20(3)4/h5-7,9,13-14,19H,8,10-12H2,1-4H3/t13-,14-/m0/s1. The number of carbonyl (C=O) groups is 2. The largest absolute Gasteiger partial charge is 0.376 e. The average Bonchev–Trinajstić information content (AvgIpc) is 2.51. The van der Waals surface area contributed by atoms with Gasteiger partial charge in [0.25, 0.3) is 5.91 Å². The van der Waals surface area contributed by atoms with E-state index in [9.17, 15) is 9.59 Å². The maximum absolute atomic E-state index is 12.4. The predicted octanol–water partition coefficient (Wildman–Crippen LogP) is 2.30. The van der Waals surface area contributed by atoms with Crippen molar-refractivity contribution in [3.63, 3.8) is 0 Å². The minimum Gasteiger partial charge on any atom is -0.376 e. The van der Waals surface area contributed by atoms with Gasteiger partial charge in [0.2, 0.25) is 5.91 Å². The highest BCUT2D eigenvalue weighted by Crippen LogP contribution is 2.21. The third-order valence-corrected chi connectivity index (χ3v) is 4.18. The van der Waals surface area contributed by atoms with Gasteiger partial charge in [-0.25, -0.2) is 0 Å². The number of carbonyl (C=O) groups excluding carboxylic acids is 2. The first kappa shape index (κ1) is 17.3. The number of nitrogens with zero attached hydrogens (tertiary/aromatic N) is 2. The number of anilines is 1. The summed E-state index contributed by atoms with van der Waals surface area (Å²) in [6.45, 7) is 6.33. The number of benzene rings is 1. The van der Waals surface area contributed by atoms with Crippen molar-refractivity contribution in [1.29, 1.82) is 0 Å². The Labute approximate surface area is 138 Å². The summed E-state index contributed by atoms with van der Waals surface area (Å²) in [6, 6.07) is 7.27. The van der Waals surface area contributed by atoms with Gasteiger partial charge in [0.15, 0.2) is 0 Å². The van der Waals surface area contributed by atoms with Crippen molar-refractivity contribution in [2.75, 3.05) is 39.0 Å². The molecular formula is C18H27N3O2. The molecule has 5 nitrogen and oxygen atoms in total. The third-order valence-electron chi connectivity index (χ3n) is 4.18. The first-order chi connectivity index (χ1) is 10.9. The molecule has 1 aliphatic heterocycles. The maximum atomic E-state index is 12.4. The second kappa shape index (κ2) is 7.49. The Hall–Kier alpha value is -2.04. The van der Waals surface area contributed by atoms with Crippen LogP contribution in [-0.4, -0.2) is 55.3 Å². The second-order valence-corrected chi connectivity index (χ2v) is 6.88. The molecule has 0 saturated carbocycles. The second-order valence-electron chi connectivity index (χ2n) is 6.88. The molecule has 0 radical (unpaired) electrons. The fourth-order valence-electron chi connectivity index (χ4n) is 3.18. The van der Waals surface area contributed by atoms with Crippen LogP contribution in [0.3, 0.4) is 0 Å². The molecule has 0 spiro atoms. The first-order valence-electron chi connectivity index (χ1n) is 8.20. The summed E-state index contributed by atoms with van der Waals surface area (Å²) in [5.74, 6) is 1.19. The van der Waals surface area contributed by atoms with Gasteiger partial charge in [0.05, 0.1) is 6.54 Å². The smallest absolute Gasteiger partial charge is 0.253 e. The fourth-order valence-corrected chi connectivity index (χ4v) is 3.18. The monoisotopic (exact) mass is 317 g/mol. The van der Waals surface area contributed by atoms with Crippen molar-refractivity contribution in [2.24, 2.45) is 11.8 Å². The predicted molar refractivity (Wildman–Crippen MR) is 92.5 cm³/mol. The molecule has 2 amide bonds. The summed E-state index contributed by atoms with van der Waals surface area (Å²) in [6.07, 6.45) is 1.19. The molecule has 1 aromatic carbocycles. The number of rotatable bonds is 4. The Bertz CT molecular complexity index is 561. The van der Waals surface area contributed by atoms with Crippen LogP contribution in [0.4, 0.5) is 5.69 Å². The minimum absolute atomic E-state index is 0.0429. The summed E-state index contributed by atoms with van der Waals surface area (Å²) in [5.41, 5.74) is 1.41. The van der Waals surface area contributed by atoms with E-state index >= 15 is 0 Å². The van der Waals surface area contributed by atoms with Gasteiger partial charge in [-0.3, -0.25) is 9.59 Å². The molecule has 1 saturated heterocycles. The normalized spacial score (nSPS) is 21.0. The van der Waals surface area contributed by atoms with Crippen molar-refractivity contribution < 1.29 is 9.59 Å². The lowest BCUT2D eigenvalue weighted by Gasteiger charge is -2.35. The van der Waals surface area contributed by atoms with Crippen LogP contribution in [-0.2, 0) is 4.79 Å². The third kappa shape index (κ3) is 4.71. The van der Waals surface area contributed by atoms with Crippen molar-refractivity contribution >= 4 is 17.5 Å². The molecule has 1 fully saturated rings. The molecule has 1 aliphatic rings. The zero-order chi connectivity index (χ0) is 17.0. The minimum atomic E-state index is -0.0429. The average molecular weight is 317 g/mol. The molecule has 23 heavy (non-hydrogen) atoms. The van der Waals surface area contributed by atoms with Crippen LogP contribution in [0.15, 0.2) is 24.3 Å². The number of hydrogen-bond acceptors (Lipinski definition) is 3. The van der Waals surface area contributed by atoms with E-state index in [1.807, 2.05) is 17.0 Å². The Morgan fingerprint density at radius 1 is 1.22 bits per heavy atom. The van der Waals surface area contributed by atoms with Gasteiger partial charge in [-0.05, 0) is 36.5 Å². The molecule has 2 rings (SSSR count). The lowest BCUT2D eigenvalue weighted by molar-refractivity contribution is -0.131. The zero-order valence-electron chi connectivity index (χ0n) is 14.5.